The van der Waals surface area contributed by atoms with E-state index in [2.05, 4.69) is 6.07 Å². The Bertz CT molecular complexity index is 576. The summed E-state index contributed by atoms with van der Waals surface area (Å²) in [6, 6.07) is 13.6. The van der Waals surface area contributed by atoms with Gasteiger partial charge in [0.1, 0.15) is 18.1 Å². The summed E-state index contributed by atoms with van der Waals surface area (Å²) >= 11 is 0. The topological polar surface area (TPSA) is 38.7 Å². The first kappa shape index (κ1) is 15.4. The van der Waals surface area contributed by atoms with Crippen LogP contribution >= 0.6 is 0 Å². The Kier molecular flexibility index (Phi) is 5.23. The average molecular weight is 286 g/mol. The van der Waals surface area contributed by atoms with Gasteiger partial charge in [0, 0.05) is 5.56 Å². The van der Waals surface area contributed by atoms with Crippen molar-refractivity contribution in [2.45, 2.75) is 33.0 Å². The molecule has 0 aromatic heterocycles. The van der Waals surface area contributed by atoms with Crippen LogP contribution in [0.25, 0.3) is 0 Å². The minimum Gasteiger partial charge on any atom is -0.496 e. The van der Waals surface area contributed by atoms with Crippen LogP contribution in [0.15, 0.2) is 42.5 Å². The molecule has 0 saturated carbocycles. The quantitative estimate of drug-likeness (QED) is 0.871. The summed E-state index contributed by atoms with van der Waals surface area (Å²) in [6.07, 6.45) is 0.302. The fourth-order valence-corrected chi connectivity index (χ4v) is 2.20. The lowest BCUT2D eigenvalue weighted by atomic mass is 10.1. The van der Waals surface area contributed by atoms with Gasteiger partial charge in [-0.25, -0.2) is 0 Å². The van der Waals surface area contributed by atoms with Crippen molar-refractivity contribution in [3.05, 3.63) is 59.2 Å². The molecule has 112 valence electrons. The largest absolute Gasteiger partial charge is 0.496 e. The van der Waals surface area contributed by atoms with Crippen molar-refractivity contribution >= 4 is 0 Å². The Balaban J connectivity index is 2.04. The van der Waals surface area contributed by atoms with Crippen molar-refractivity contribution in [1.82, 2.24) is 0 Å². The second-order valence-corrected chi connectivity index (χ2v) is 5.10. The number of rotatable bonds is 6. The van der Waals surface area contributed by atoms with Gasteiger partial charge in [0.25, 0.3) is 0 Å². The minimum absolute atomic E-state index is 0.407. The highest BCUT2D eigenvalue weighted by Gasteiger charge is 2.06. The molecule has 2 rings (SSSR count). The number of aliphatic hydroxyl groups excluding tert-OH is 1. The van der Waals surface area contributed by atoms with Crippen molar-refractivity contribution in [2.75, 3.05) is 7.11 Å². The number of aliphatic hydroxyl groups is 1. The predicted octanol–water partition coefficient (Wildman–Crippen LogP) is 4.03. The SMILES string of the molecule is CC[C@@H](O)c1ccc(OCc2cc(C)ccc2OC)cc1. The number of aryl methyl sites for hydroxylation is 1. The molecule has 0 radical (unpaired) electrons. The first-order chi connectivity index (χ1) is 10.1. The first-order valence-electron chi connectivity index (χ1n) is 7.18. The van der Waals surface area contributed by atoms with Crippen LogP contribution in [0.5, 0.6) is 11.5 Å². The number of methoxy groups -OCH3 is 1. The molecule has 3 heteroatoms. The lowest BCUT2D eigenvalue weighted by Crippen LogP contribution is -2.00. The molecule has 0 aliphatic heterocycles. The summed E-state index contributed by atoms with van der Waals surface area (Å²) in [5.41, 5.74) is 3.11. The molecule has 1 atom stereocenters. The maximum absolute atomic E-state index is 9.77. The molecule has 0 bridgehead atoms. The van der Waals surface area contributed by atoms with Gasteiger partial charge < -0.3 is 14.6 Å². The highest BCUT2D eigenvalue weighted by molar-refractivity contribution is 5.37. The van der Waals surface area contributed by atoms with Crippen LogP contribution in [0.4, 0.5) is 0 Å². The van der Waals surface area contributed by atoms with E-state index in [-0.39, 0.29) is 0 Å². The molecule has 2 aromatic carbocycles. The molecule has 21 heavy (non-hydrogen) atoms. The van der Waals surface area contributed by atoms with Crippen LogP contribution in [0.1, 0.15) is 36.1 Å². The lowest BCUT2D eigenvalue weighted by Gasteiger charge is -2.12. The summed E-state index contributed by atoms with van der Waals surface area (Å²) in [7, 11) is 1.66. The third kappa shape index (κ3) is 3.99. The smallest absolute Gasteiger partial charge is 0.125 e. The van der Waals surface area contributed by atoms with Gasteiger partial charge in [0.05, 0.1) is 13.2 Å². The van der Waals surface area contributed by atoms with E-state index in [0.29, 0.717) is 13.0 Å². The van der Waals surface area contributed by atoms with E-state index < -0.39 is 6.10 Å². The maximum Gasteiger partial charge on any atom is 0.125 e. The van der Waals surface area contributed by atoms with Gasteiger partial charge >= 0.3 is 0 Å². The minimum atomic E-state index is -0.407. The van der Waals surface area contributed by atoms with E-state index in [0.717, 1.165) is 22.6 Å². The molecule has 2 aromatic rings. The molecule has 0 heterocycles. The molecular formula is C18H22O3. The number of benzene rings is 2. The van der Waals surface area contributed by atoms with Crippen molar-refractivity contribution < 1.29 is 14.6 Å². The fraction of sp³-hybridized carbons (Fsp3) is 0.333. The van der Waals surface area contributed by atoms with Crippen molar-refractivity contribution in [1.29, 1.82) is 0 Å². The second kappa shape index (κ2) is 7.14. The Labute approximate surface area is 126 Å². The van der Waals surface area contributed by atoms with E-state index in [1.54, 1.807) is 7.11 Å². The van der Waals surface area contributed by atoms with Crippen LogP contribution < -0.4 is 9.47 Å². The normalized spacial score (nSPS) is 12.0. The van der Waals surface area contributed by atoms with Crippen molar-refractivity contribution in [3.8, 4) is 11.5 Å². The van der Waals surface area contributed by atoms with Gasteiger partial charge in [0.2, 0.25) is 0 Å². The molecule has 0 fully saturated rings. The van der Waals surface area contributed by atoms with Crippen molar-refractivity contribution in [2.24, 2.45) is 0 Å². The molecule has 1 N–H and O–H groups in total. The van der Waals surface area contributed by atoms with Crippen LogP contribution in [-0.4, -0.2) is 12.2 Å². The van der Waals surface area contributed by atoms with E-state index in [1.165, 1.54) is 5.56 Å². The van der Waals surface area contributed by atoms with Gasteiger partial charge in [-0.15, -0.1) is 0 Å². The molecular weight excluding hydrogens is 264 g/mol. The first-order valence-corrected chi connectivity index (χ1v) is 7.18. The zero-order valence-electron chi connectivity index (χ0n) is 12.8. The molecule has 0 saturated heterocycles. The summed E-state index contributed by atoms with van der Waals surface area (Å²) < 4.78 is 11.1. The molecule has 3 nitrogen and oxygen atoms in total. The Morgan fingerprint density at radius 1 is 1.10 bits per heavy atom. The summed E-state index contributed by atoms with van der Waals surface area (Å²) in [5, 5.41) is 9.77. The summed E-state index contributed by atoms with van der Waals surface area (Å²) in [6.45, 7) is 4.46. The zero-order valence-corrected chi connectivity index (χ0v) is 12.8. The highest BCUT2D eigenvalue weighted by Crippen LogP contribution is 2.23. The fourth-order valence-electron chi connectivity index (χ4n) is 2.20. The molecule has 0 unspecified atom stereocenters. The third-order valence-corrected chi connectivity index (χ3v) is 3.48. The molecule has 0 spiro atoms. The highest BCUT2D eigenvalue weighted by atomic mass is 16.5. The summed E-state index contributed by atoms with van der Waals surface area (Å²) in [4.78, 5) is 0. The third-order valence-electron chi connectivity index (χ3n) is 3.48. The average Bonchev–Trinajstić information content (AvgIpc) is 2.52. The van der Waals surface area contributed by atoms with E-state index >= 15 is 0 Å². The van der Waals surface area contributed by atoms with Gasteiger partial charge in [-0.3, -0.25) is 0 Å². The van der Waals surface area contributed by atoms with E-state index in [4.69, 9.17) is 9.47 Å². The Morgan fingerprint density at radius 2 is 1.81 bits per heavy atom. The van der Waals surface area contributed by atoms with E-state index in [1.807, 2.05) is 50.2 Å². The monoisotopic (exact) mass is 286 g/mol. The van der Waals surface area contributed by atoms with Crippen LogP contribution in [0.2, 0.25) is 0 Å². The second-order valence-electron chi connectivity index (χ2n) is 5.10. The number of ether oxygens (including phenoxy) is 2. The Morgan fingerprint density at radius 3 is 2.43 bits per heavy atom. The van der Waals surface area contributed by atoms with Gasteiger partial charge in [-0.05, 0) is 43.2 Å². The van der Waals surface area contributed by atoms with E-state index in [9.17, 15) is 5.11 Å². The van der Waals surface area contributed by atoms with Crippen LogP contribution in [-0.2, 0) is 6.61 Å². The van der Waals surface area contributed by atoms with Crippen LogP contribution in [0.3, 0.4) is 0 Å². The molecule has 0 amide bonds. The number of hydrogen-bond donors (Lipinski definition) is 1. The standard InChI is InChI=1S/C18H22O3/c1-4-17(19)14-6-8-16(9-7-14)21-12-15-11-13(2)5-10-18(15)20-3/h5-11,17,19H,4,12H2,1-3H3/t17-/m1/s1. The summed E-state index contributed by atoms with van der Waals surface area (Å²) in [5.74, 6) is 1.62. The Hall–Kier alpha value is -2.00. The predicted molar refractivity (Wildman–Crippen MR) is 83.8 cm³/mol. The zero-order chi connectivity index (χ0) is 15.2. The maximum atomic E-state index is 9.77. The van der Waals surface area contributed by atoms with Gasteiger partial charge in [-0.1, -0.05) is 30.7 Å². The molecule has 0 aliphatic carbocycles. The van der Waals surface area contributed by atoms with Gasteiger partial charge in [0.15, 0.2) is 0 Å². The van der Waals surface area contributed by atoms with Gasteiger partial charge in [-0.2, -0.15) is 0 Å². The number of hydrogen-bond acceptors (Lipinski definition) is 3. The van der Waals surface area contributed by atoms with Crippen molar-refractivity contribution in [3.63, 3.8) is 0 Å². The molecule has 0 aliphatic rings. The van der Waals surface area contributed by atoms with Crippen LogP contribution in [0, 0.1) is 6.92 Å². The lowest BCUT2D eigenvalue weighted by molar-refractivity contribution is 0.173.